The Bertz CT molecular complexity index is 584. The molecule has 118 valence electrons. The van der Waals surface area contributed by atoms with Crippen molar-refractivity contribution < 1.29 is 18.8 Å². The van der Waals surface area contributed by atoms with E-state index in [2.05, 4.69) is 19.6 Å². The first-order valence-electron chi connectivity index (χ1n) is 7.41. The quantitative estimate of drug-likeness (QED) is 0.362. The number of cyclic esters (lactones) is 1. The number of esters is 1. The van der Waals surface area contributed by atoms with Gasteiger partial charge in [-0.2, -0.15) is 0 Å². The summed E-state index contributed by atoms with van der Waals surface area (Å²) < 4.78 is 11.2. The van der Waals surface area contributed by atoms with E-state index in [1.807, 2.05) is 19.1 Å². The van der Waals surface area contributed by atoms with Crippen LogP contribution in [-0.4, -0.2) is 32.3 Å². The maximum absolute atomic E-state index is 12.1. The van der Waals surface area contributed by atoms with Gasteiger partial charge in [0.2, 0.25) is 0 Å². The van der Waals surface area contributed by atoms with Gasteiger partial charge < -0.3 is 9.16 Å². The molecule has 0 spiro atoms. The predicted molar refractivity (Wildman–Crippen MR) is 87.4 cm³/mol. The highest BCUT2D eigenvalue weighted by atomic mass is 28.4. The van der Waals surface area contributed by atoms with Crippen molar-refractivity contribution in [2.45, 2.75) is 45.2 Å². The van der Waals surface area contributed by atoms with Gasteiger partial charge in [-0.25, -0.2) is 0 Å². The first-order valence-corrected chi connectivity index (χ1v) is 10.8. The van der Waals surface area contributed by atoms with Crippen LogP contribution in [0.2, 0.25) is 19.6 Å². The molecular formula is C17H22O4Si. The summed E-state index contributed by atoms with van der Waals surface area (Å²) in [5.74, 6) is -0.379. The molecule has 5 heteroatoms. The number of benzene rings is 1. The molecule has 0 saturated carbocycles. The zero-order chi connectivity index (χ0) is 16.3. The standard InChI is InChI=1S/C17H22O4Si/c1-12-5-7-13(8-6-12)14(18)9-10-15-16(11-17(19)20-15)21-22(2,3)4/h5-10,15-16H,11H2,1-4H3/b10-9+/t15-,16-/m1/s1. The minimum Gasteiger partial charge on any atom is -0.455 e. The van der Waals surface area contributed by atoms with Crippen molar-refractivity contribution in [3.63, 3.8) is 0 Å². The highest BCUT2D eigenvalue weighted by Gasteiger charge is 2.36. The summed E-state index contributed by atoms with van der Waals surface area (Å²) in [4.78, 5) is 23.6. The molecule has 0 amide bonds. The van der Waals surface area contributed by atoms with Crippen LogP contribution >= 0.6 is 0 Å². The van der Waals surface area contributed by atoms with E-state index < -0.39 is 14.4 Å². The zero-order valence-corrected chi connectivity index (χ0v) is 14.5. The van der Waals surface area contributed by atoms with Gasteiger partial charge in [0, 0.05) is 5.56 Å². The van der Waals surface area contributed by atoms with Crippen molar-refractivity contribution in [3.05, 3.63) is 47.5 Å². The van der Waals surface area contributed by atoms with Crippen LogP contribution in [0.25, 0.3) is 0 Å². The molecule has 0 radical (unpaired) electrons. The molecule has 0 N–H and O–H groups in total. The lowest BCUT2D eigenvalue weighted by atomic mass is 10.1. The van der Waals surface area contributed by atoms with Crippen LogP contribution in [0.4, 0.5) is 0 Å². The Labute approximate surface area is 132 Å². The van der Waals surface area contributed by atoms with Gasteiger partial charge in [-0.05, 0) is 38.7 Å². The number of ketones is 1. The lowest BCUT2D eigenvalue weighted by molar-refractivity contribution is -0.140. The fraction of sp³-hybridized carbons (Fsp3) is 0.412. The number of aryl methyl sites for hydroxylation is 1. The van der Waals surface area contributed by atoms with Crippen molar-refractivity contribution in [2.75, 3.05) is 0 Å². The first kappa shape index (κ1) is 16.6. The summed E-state index contributed by atoms with van der Waals surface area (Å²) in [6.07, 6.45) is 2.58. The summed E-state index contributed by atoms with van der Waals surface area (Å²) in [5, 5.41) is 0. The topological polar surface area (TPSA) is 52.6 Å². The van der Waals surface area contributed by atoms with E-state index in [-0.39, 0.29) is 24.3 Å². The van der Waals surface area contributed by atoms with Gasteiger partial charge in [-0.1, -0.05) is 29.8 Å². The van der Waals surface area contributed by atoms with E-state index in [9.17, 15) is 9.59 Å². The van der Waals surface area contributed by atoms with Gasteiger partial charge in [0.05, 0.1) is 12.5 Å². The third-order valence-corrected chi connectivity index (χ3v) is 4.29. The highest BCUT2D eigenvalue weighted by molar-refractivity contribution is 6.69. The number of hydrogen-bond acceptors (Lipinski definition) is 4. The van der Waals surface area contributed by atoms with E-state index in [1.165, 1.54) is 6.08 Å². The van der Waals surface area contributed by atoms with Gasteiger partial charge in [0.1, 0.15) is 6.10 Å². The van der Waals surface area contributed by atoms with Crippen LogP contribution in [0, 0.1) is 6.92 Å². The Morgan fingerprint density at radius 1 is 1.27 bits per heavy atom. The molecule has 0 aromatic heterocycles. The first-order chi connectivity index (χ1) is 10.2. The molecular weight excluding hydrogens is 296 g/mol. The van der Waals surface area contributed by atoms with Crippen LogP contribution in [0.15, 0.2) is 36.4 Å². The molecule has 0 aliphatic carbocycles. The van der Waals surface area contributed by atoms with E-state index in [0.29, 0.717) is 5.56 Å². The number of hydrogen-bond donors (Lipinski definition) is 0. The Hall–Kier alpha value is -1.72. The van der Waals surface area contributed by atoms with Gasteiger partial charge in [0.15, 0.2) is 14.1 Å². The number of carbonyl (C=O) groups is 2. The molecule has 0 bridgehead atoms. The summed E-state index contributed by atoms with van der Waals surface area (Å²) in [7, 11) is -1.77. The molecule has 1 aromatic rings. The summed E-state index contributed by atoms with van der Waals surface area (Å²) in [5.41, 5.74) is 1.72. The highest BCUT2D eigenvalue weighted by Crippen LogP contribution is 2.23. The average Bonchev–Trinajstić information content (AvgIpc) is 2.74. The Morgan fingerprint density at radius 2 is 1.91 bits per heavy atom. The van der Waals surface area contributed by atoms with Crippen molar-refractivity contribution >= 4 is 20.1 Å². The number of carbonyl (C=O) groups excluding carboxylic acids is 2. The van der Waals surface area contributed by atoms with Gasteiger partial charge in [-0.15, -0.1) is 0 Å². The van der Waals surface area contributed by atoms with Crippen LogP contribution < -0.4 is 0 Å². The molecule has 4 nitrogen and oxygen atoms in total. The fourth-order valence-corrected chi connectivity index (χ4v) is 3.40. The maximum Gasteiger partial charge on any atom is 0.309 e. The van der Waals surface area contributed by atoms with E-state index in [0.717, 1.165) is 5.56 Å². The molecule has 0 unspecified atom stereocenters. The third-order valence-electron chi connectivity index (χ3n) is 3.28. The Morgan fingerprint density at radius 3 is 2.50 bits per heavy atom. The molecule has 1 aliphatic heterocycles. The van der Waals surface area contributed by atoms with Crippen molar-refractivity contribution in [3.8, 4) is 0 Å². The van der Waals surface area contributed by atoms with Crippen molar-refractivity contribution in [2.24, 2.45) is 0 Å². The number of allylic oxidation sites excluding steroid dienone is 1. The largest absolute Gasteiger partial charge is 0.455 e. The lowest BCUT2D eigenvalue weighted by Crippen LogP contribution is -2.35. The lowest BCUT2D eigenvalue weighted by Gasteiger charge is -2.24. The Kier molecular flexibility index (Phi) is 4.98. The van der Waals surface area contributed by atoms with E-state index in [4.69, 9.17) is 9.16 Å². The number of ether oxygens (including phenoxy) is 1. The Balaban J connectivity index is 2.05. The normalized spacial score (nSPS) is 22.1. The van der Waals surface area contributed by atoms with Crippen LogP contribution in [0.1, 0.15) is 22.3 Å². The number of rotatable bonds is 5. The van der Waals surface area contributed by atoms with Crippen LogP contribution in [0.3, 0.4) is 0 Å². The third kappa shape index (κ3) is 4.64. The zero-order valence-electron chi connectivity index (χ0n) is 13.5. The van der Waals surface area contributed by atoms with Crippen molar-refractivity contribution in [1.29, 1.82) is 0 Å². The second-order valence-corrected chi connectivity index (χ2v) is 11.0. The summed E-state index contributed by atoms with van der Waals surface area (Å²) in [6.45, 7) is 8.16. The molecule has 1 heterocycles. The fourth-order valence-electron chi connectivity index (χ4n) is 2.28. The molecule has 22 heavy (non-hydrogen) atoms. The minimum absolute atomic E-state index is 0.102. The van der Waals surface area contributed by atoms with Gasteiger partial charge >= 0.3 is 5.97 Å². The summed E-state index contributed by atoms with van der Waals surface area (Å²) in [6, 6.07) is 7.37. The minimum atomic E-state index is -1.77. The molecule has 1 fully saturated rings. The van der Waals surface area contributed by atoms with Gasteiger partial charge in [-0.3, -0.25) is 9.59 Å². The second-order valence-electron chi connectivity index (χ2n) is 6.52. The SMILES string of the molecule is Cc1ccc(C(=O)/C=C/[C@H]2OC(=O)C[C@H]2O[Si](C)(C)C)cc1. The maximum atomic E-state index is 12.1. The smallest absolute Gasteiger partial charge is 0.309 e. The van der Waals surface area contributed by atoms with E-state index >= 15 is 0 Å². The van der Waals surface area contributed by atoms with Crippen LogP contribution in [0.5, 0.6) is 0 Å². The predicted octanol–water partition coefficient (Wildman–Crippen LogP) is 3.27. The van der Waals surface area contributed by atoms with E-state index in [1.54, 1.807) is 18.2 Å². The average molecular weight is 318 g/mol. The van der Waals surface area contributed by atoms with Gasteiger partial charge in [0.25, 0.3) is 0 Å². The summed E-state index contributed by atoms with van der Waals surface area (Å²) >= 11 is 0. The molecule has 1 aliphatic rings. The molecule has 1 saturated heterocycles. The molecule has 2 atom stereocenters. The second kappa shape index (κ2) is 6.58. The van der Waals surface area contributed by atoms with Crippen molar-refractivity contribution in [1.82, 2.24) is 0 Å². The molecule has 2 rings (SSSR count). The van der Waals surface area contributed by atoms with Crippen LogP contribution in [-0.2, 0) is 14.0 Å². The monoisotopic (exact) mass is 318 g/mol. The molecule has 1 aromatic carbocycles.